The Kier molecular flexibility index (Phi) is 18.9. The van der Waals surface area contributed by atoms with Crippen LogP contribution in [-0.2, 0) is 16.0 Å². The second-order valence-electron chi connectivity index (χ2n) is 6.54. The third-order valence-corrected chi connectivity index (χ3v) is 3.87. The molecular weight excluding hydrogens is 425 g/mol. The molecule has 1 aromatic heterocycles. The predicted octanol–water partition coefficient (Wildman–Crippen LogP) is 1.47. The fourth-order valence-corrected chi connectivity index (χ4v) is 2.38. The van der Waals surface area contributed by atoms with E-state index in [4.69, 9.17) is 5.73 Å². The highest BCUT2D eigenvalue weighted by molar-refractivity contribution is 5.89. The molecule has 164 valence electrons. The van der Waals surface area contributed by atoms with Gasteiger partial charge in [-0.2, -0.15) is 0 Å². The lowest BCUT2D eigenvalue weighted by molar-refractivity contribution is -0.130. The summed E-state index contributed by atoms with van der Waals surface area (Å²) in [5, 5.41) is 8.68. The molecule has 0 unspecified atom stereocenters. The van der Waals surface area contributed by atoms with Gasteiger partial charge in [0.15, 0.2) is 0 Å². The van der Waals surface area contributed by atoms with Crippen LogP contribution < -0.4 is 21.7 Å². The zero-order valence-electron chi connectivity index (χ0n) is 16.8. The number of aromatic nitrogens is 1. The summed E-state index contributed by atoms with van der Waals surface area (Å²) >= 11 is 0. The molecule has 2 amide bonds. The number of hydrogen-bond acceptors (Lipinski definition) is 5. The summed E-state index contributed by atoms with van der Waals surface area (Å²) in [6, 6.07) is 4.58. The average molecular weight is 459 g/mol. The first-order valence-corrected chi connectivity index (χ1v) is 8.82. The quantitative estimate of drug-likeness (QED) is 0.424. The lowest BCUT2D eigenvalue weighted by Gasteiger charge is -2.24. The van der Waals surface area contributed by atoms with Crippen LogP contribution in [0.25, 0.3) is 0 Å². The minimum atomic E-state index is -0.543. The highest BCUT2D eigenvalue weighted by Crippen LogP contribution is 2.03. The van der Waals surface area contributed by atoms with Crippen LogP contribution in [0.15, 0.2) is 24.4 Å². The van der Waals surface area contributed by atoms with Crippen molar-refractivity contribution in [2.45, 2.75) is 52.2 Å². The van der Waals surface area contributed by atoms with Crippen LogP contribution in [0.4, 0.5) is 0 Å². The van der Waals surface area contributed by atoms with Crippen molar-refractivity contribution in [1.29, 1.82) is 0 Å². The Morgan fingerprint density at radius 2 is 1.75 bits per heavy atom. The SMILES string of the molecule is CCNC(=O)[C@@H](NC(=O)[C@H](C)NC[C@@H](N)Cc1ccccn1)C(C)C.Cl.Cl.Cl. The number of halogens is 3. The highest BCUT2D eigenvalue weighted by atomic mass is 35.5. The molecule has 28 heavy (non-hydrogen) atoms. The summed E-state index contributed by atoms with van der Waals surface area (Å²) in [5.41, 5.74) is 7.01. The Bertz CT molecular complexity index is 549. The van der Waals surface area contributed by atoms with Crippen LogP contribution >= 0.6 is 37.2 Å². The number of carbonyl (C=O) groups excluding carboxylic acids is 2. The average Bonchev–Trinajstić information content (AvgIpc) is 2.58. The summed E-state index contributed by atoms with van der Waals surface area (Å²) in [6.07, 6.45) is 2.37. The molecule has 7 nitrogen and oxygen atoms in total. The first-order chi connectivity index (χ1) is 11.8. The largest absolute Gasteiger partial charge is 0.355 e. The molecular formula is C18H34Cl3N5O2. The summed E-state index contributed by atoms with van der Waals surface area (Å²) in [4.78, 5) is 28.6. The number of amides is 2. The number of likely N-dealkylation sites (N-methyl/N-ethyl adjacent to an activating group) is 1. The first kappa shape index (κ1) is 31.6. The van der Waals surface area contributed by atoms with Crippen LogP contribution in [0, 0.1) is 5.92 Å². The van der Waals surface area contributed by atoms with Gasteiger partial charge in [0.05, 0.1) is 6.04 Å². The minimum absolute atomic E-state index is 0. The second-order valence-corrected chi connectivity index (χ2v) is 6.54. The van der Waals surface area contributed by atoms with Crippen molar-refractivity contribution in [2.24, 2.45) is 11.7 Å². The van der Waals surface area contributed by atoms with Crippen molar-refractivity contribution in [3.63, 3.8) is 0 Å². The van der Waals surface area contributed by atoms with Gasteiger partial charge < -0.3 is 21.7 Å². The van der Waals surface area contributed by atoms with Crippen LogP contribution in [0.2, 0.25) is 0 Å². The Balaban J connectivity index is -0.00000208. The van der Waals surface area contributed by atoms with Crippen LogP contribution in [0.5, 0.6) is 0 Å². The summed E-state index contributed by atoms with van der Waals surface area (Å²) in [7, 11) is 0. The molecule has 10 heteroatoms. The van der Waals surface area contributed by atoms with E-state index in [-0.39, 0.29) is 61.0 Å². The van der Waals surface area contributed by atoms with Gasteiger partial charge in [-0.15, -0.1) is 37.2 Å². The number of nitrogens with one attached hydrogen (secondary N) is 3. The maximum atomic E-state index is 12.3. The fourth-order valence-electron chi connectivity index (χ4n) is 2.38. The molecule has 5 N–H and O–H groups in total. The van der Waals surface area contributed by atoms with Gasteiger partial charge in [-0.1, -0.05) is 19.9 Å². The molecule has 0 radical (unpaired) electrons. The molecule has 0 fully saturated rings. The molecule has 0 saturated carbocycles. The monoisotopic (exact) mass is 457 g/mol. The standard InChI is InChI=1S/C18H31N5O2.3ClH/c1-5-20-18(25)16(12(2)3)23-17(24)13(4)22-11-14(19)10-15-8-6-7-9-21-15;;;/h6-9,12-14,16,22H,5,10-11,19H2,1-4H3,(H,20,25)(H,23,24);3*1H/t13-,14-,16-;;;/m0.../s1. The van der Waals surface area contributed by atoms with Crippen LogP contribution in [-0.4, -0.2) is 48.0 Å². The normalized spacial score (nSPS) is 13.1. The van der Waals surface area contributed by atoms with Crippen LogP contribution in [0.1, 0.15) is 33.4 Å². The Labute approximate surface area is 186 Å². The lowest BCUT2D eigenvalue weighted by atomic mass is 10.0. The summed E-state index contributed by atoms with van der Waals surface area (Å²) < 4.78 is 0. The van der Waals surface area contributed by atoms with E-state index in [9.17, 15) is 9.59 Å². The van der Waals surface area contributed by atoms with Gasteiger partial charge >= 0.3 is 0 Å². The van der Waals surface area contributed by atoms with Gasteiger partial charge in [0.25, 0.3) is 0 Å². The Morgan fingerprint density at radius 3 is 2.25 bits per heavy atom. The number of nitrogens with two attached hydrogens (primary N) is 1. The van der Waals surface area contributed by atoms with E-state index in [2.05, 4.69) is 20.9 Å². The van der Waals surface area contributed by atoms with E-state index in [1.165, 1.54) is 0 Å². The highest BCUT2D eigenvalue weighted by Gasteiger charge is 2.25. The van der Waals surface area contributed by atoms with Gasteiger partial charge in [0, 0.05) is 37.4 Å². The number of pyridine rings is 1. The third kappa shape index (κ3) is 11.7. The number of nitrogens with zero attached hydrogens (tertiary/aromatic N) is 1. The molecule has 0 aromatic carbocycles. The van der Waals surface area contributed by atoms with Crippen molar-refractivity contribution >= 4 is 49.0 Å². The Morgan fingerprint density at radius 1 is 1.11 bits per heavy atom. The topological polar surface area (TPSA) is 109 Å². The third-order valence-electron chi connectivity index (χ3n) is 3.87. The first-order valence-electron chi connectivity index (χ1n) is 8.82. The van der Waals surface area contributed by atoms with Gasteiger partial charge in [0.1, 0.15) is 6.04 Å². The van der Waals surface area contributed by atoms with E-state index in [0.717, 1.165) is 5.69 Å². The Hall–Kier alpha value is -1.12. The molecule has 0 spiro atoms. The predicted molar refractivity (Wildman–Crippen MR) is 121 cm³/mol. The van der Waals surface area contributed by atoms with E-state index < -0.39 is 12.1 Å². The number of rotatable bonds is 10. The summed E-state index contributed by atoms with van der Waals surface area (Å²) in [5.74, 6) is -0.367. The molecule has 1 heterocycles. The van der Waals surface area contributed by atoms with Gasteiger partial charge in [0.2, 0.25) is 11.8 Å². The minimum Gasteiger partial charge on any atom is -0.355 e. The molecule has 0 bridgehead atoms. The maximum absolute atomic E-state index is 12.3. The van der Waals surface area contributed by atoms with Crippen molar-refractivity contribution in [1.82, 2.24) is 20.9 Å². The smallest absolute Gasteiger partial charge is 0.242 e. The number of carbonyl (C=O) groups is 2. The molecule has 1 aromatic rings. The second kappa shape index (κ2) is 16.8. The molecule has 0 saturated heterocycles. The molecule has 3 atom stereocenters. The van der Waals surface area contributed by atoms with E-state index in [1.807, 2.05) is 39.0 Å². The van der Waals surface area contributed by atoms with Crippen molar-refractivity contribution in [3.05, 3.63) is 30.1 Å². The van der Waals surface area contributed by atoms with Gasteiger partial charge in [-0.3, -0.25) is 14.6 Å². The molecule has 1 rings (SSSR count). The molecule has 0 aliphatic rings. The van der Waals surface area contributed by atoms with Gasteiger partial charge in [-0.05, 0) is 31.9 Å². The van der Waals surface area contributed by atoms with Crippen LogP contribution in [0.3, 0.4) is 0 Å². The van der Waals surface area contributed by atoms with Crippen molar-refractivity contribution in [2.75, 3.05) is 13.1 Å². The van der Waals surface area contributed by atoms with E-state index in [1.54, 1.807) is 13.1 Å². The zero-order chi connectivity index (χ0) is 18.8. The molecule has 0 aliphatic carbocycles. The fraction of sp³-hybridized carbons (Fsp3) is 0.611. The van der Waals surface area contributed by atoms with E-state index >= 15 is 0 Å². The van der Waals surface area contributed by atoms with Crippen molar-refractivity contribution in [3.8, 4) is 0 Å². The zero-order valence-corrected chi connectivity index (χ0v) is 19.3. The maximum Gasteiger partial charge on any atom is 0.242 e. The molecule has 0 aliphatic heterocycles. The van der Waals surface area contributed by atoms with Crippen molar-refractivity contribution < 1.29 is 9.59 Å². The van der Waals surface area contributed by atoms with Gasteiger partial charge in [-0.25, -0.2) is 0 Å². The van der Waals surface area contributed by atoms with E-state index in [0.29, 0.717) is 19.5 Å². The summed E-state index contributed by atoms with van der Waals surface area (Å²) in [6.45, 7) is 8.44. The lowest BCUT2D eigenvalue weighted by Crippen LogP contribution is -2.55. The number of hydrogen-bond donors (Lipinski definition) is 4.